The SMILES string of the molecule is C[C@@H]1CCc2c(sc3ncnc(NCc4nnc5ccccn45)c23)C1. The molecule has 6 nitrogen and oxygen atoms in total. The Labute approximate surface area is 149 Å². The predicted molar refractivity (Wildman–Crippen MR) is 98.9 cm³/mol. The first-order valence-electron chi connectivity index (χ1n) is 8.57. The molecule has 0 saturated heterocycles. The fraction of sp³-hybridized carbons (Fsp3) is 0.333. The lowest BCUT2D eigenvalue weighted by molar-refractivity contribution is 0.509. The van der Waals surface area contributed by atoms with Crippen LogP contribution in [-0.4, -0.2) is 24.6 Å². The Morgan fingerprint density at radius 2 is 2.24 bits per heavy atom. The van der Waals surface area contributed by atoms with Crippen molar-refractivity contribution in [2.45, 2.75) is 32.7 Å². The van der Waals surface area contributed by atoms with Gasteiger partial charge in [-0.2, -0.15) is 0 Å². The molecule has 4 aromatic heterocycles. The summed E-state index contributed by atoms with van der Waals surface area (Å²) in [5, 5.41) is 13.1. The van der Waals surface area contributed by atoms with Gasteiger partial charge in [0.05, 0.1) is 11.9 Å². The summed E-state index contributed by atoms with van der Waals surface area (Å²) in [5.74, 6) is 2.54. The fourth-order valence-electron chi connectivity index (χ4n) is 3.58. The lowest BCUT2D eigenvalue weighted by Gasteiger charge is -2.18. The molecule has 0 saturated carbocycles. The van der Waals surface area contributed by atoms with Gasteiger partial charge >= 0.3 is 0 Å². The van der Waals surface area contributed by atoms with Crippen LogP contribution in [0, 0.1) is 5.92 Å². The minimum atomic E-state index is 0.582. The van der Waals surface area contributed by atoms with Crippen LogP contribution >= 0.6 is 11.3 Å². The van der Waals surface area contributed by atoms with Crippen molar-refractivity contribution in [1.29, 1.82) is 0 Å². The number of aromatic nitrogens is 5. The summed E-state index contributed by atoms with van der Waals surface area (Å²) >= 11 is 1.82. The van der Waals surface area contributed by atoms with E-state index in [1.807, 2.05) is 40.1 Å². The molecule has 0 spiro atoms. The van der Waals surface area contributed by atoms with Gasteiger partial charge < -0.3 is 5.32 Å². The molecule has 1 aliphatic rings. The summed E-state index contributed by atoms with van der Waals surface area (Å²) in [5.41, 5.74) is 2.29. The van der Waals surface area contributed by atoms with Crippen molar-refractivity contribution < 1.29 is 0 Å². The molecule has 0 fully saturated rings. The van der Waals surface area contributed by atoms with E-state index in [1.54, 1.807) is 6.33 Å². The van der Waals surface area contributed by atoms with Gasteiger partial charge in [0, 0.05) is 11.1 Å². The number of hydrogen-bond donors (Lipinski definition) is 1. The third-order valence-electron chi connectivity index (χ3n) is 4.89. The maximum Gasteiger partial charge on any atom is 0.160 e. The van der Waals surface area contributed by atoms with Crippen LogP contribution in [-0.2, 0) is 19.4 Å². The first-order valence-corrected chi connectivity index (χ1v) is 9.39. The Bertz CT molecular complexity index is 1070. The zero-order valence-electron chi connectivity index (χ0n) is 13.9. The maximum absolute atomic E-state index is 4.51. The van der Waals surface area contributed by atoms with Crippen molar-refractivity contribution in [3.8, 4) is 0 Å². The Kier molecular flexibility index (Phi) is 3.41. The van der Waals surface area contributed by atoms with Crippen LogP contribution in [0.5, 0.6) is 0 Å². The second-order valence-corrected chi connectivity index (χ2v) is 7.74. The van der Waals surface area contributed by atoms with Crippen LogP contribution in [0.3, 0.4) is 0 Å². The summed E-state index contributed by atoms with van der Waals surface area (Å²) in [7, 11) is 0. The Morgan fingerprint density at radius 3 is 3.20 bits per heavy atom. The van der Waals surface area contributed by atoms with E-state index in [4.69, 9.17) is 0 Å². The van der Waals surface area contributed by atoms with Crippen molar-refractivity contribution in [1.82, 2.24) is 24.6 Å². The highest BCUT2D eigenvalue weighted by Gasteiger charge is 2.23. The molecule has 25 heavy (non-hydrogen) atoms. The molecule has 0 aliphatic heterocycles. The first-order chi connectivity index (χ1) is 12.3. The molecular formula is C18H18N6S. The third kappa shape index (κ3) is 2.46. The van der Waals surface area contributed by atoms with Gasteiger partial charge in [-0.1, -0.05) is 13.0 Å². The molecular weight excluding hydrogens is 332 g/mol. The number of nitrogens with one attached hydrogen (secondary N) is 1. The minimum absolute atomic E-state index is 0.582. The highest BCUT2D eigenvalue weighted by atomic mass is 32.1. The standard InChI is InChI=1S/C18H18N6S/c1-11-5-6-12-13(8-11)25-18-16(12)17(20-10-21-18)19-9-15-23-22-14-4-2-3-7-24(14)15/h2-4,7,10-11H,5-6,8-9H2,1H3,(H,19,20,21)/t11-/m1/s1. The largest absolute Gasteiger partial charge is 0.362 e. The quantitative estimate of drug-likeness (QED) is 0.613. The summed E-state index contributed by atoms with van der Waals surface area (Å²) in [6.07, 6.45) is 7.15. The highest BCUT2D eigenvalue weighted by Crippen LogP contribution is 2.39. The smallest absolute Gasteiger partial charge is 0.160 e. The van der Waals surface area contributed by atoms with Crippen molar-refractivity contribution in [3.05, 3.63) is 47.0 Å². The van der Waals surface area contributed by atoms with Crippen LogP contribution in [0.4, 0.5) is 5.82 Å². The number of aryl methyl sites for hydroxylation is 1. The molecule has 0 unspecified atom stereocenters. The van der Waals surface area contributed by atoms with E-state index in [9.17, 15) is 0 Å². The lowest BCUT2D eigenvalue weighted by Crippen LogP contribution is -2.10. The molecule has 126 valence electrons. The van der Waals surface area contributed by atoms with E-state index in [0.29, 0.717) is 6.54 Å². The summed E-state index contributed by atoms with van der Waals surface area (Å²) < 4.78 is 2.00. The molecule has 5 rings (SSSR count). The van der Waals surface area contributed by atoms with Crippen molar-refractivity contribution in [2.24, 2.45) is 5.92 Å². The van der Waals surface area contributed by atoms with Crippen LogP contribution in [0.15, 0.2) is 30.7 Å². The summed E-state index contributed by atoms with van der Waals surface area (Å²) in [4.78, 5) is 11.6. The molecule has 0 radical (unpaired) electrons. The van der Waals surface area contributed by atoms with Crippen LogP contribution in [0.25, 0.3) is 15.9 Å². The molecule has 1 atom stereocenters. The molecule has 0 bridgehead atoms. The van der Waals surface area contributed by atoms with E-state index in [0.717, 1.165) is 40.9 Å². The zero-order chi connectivity index (χ0) is 16.8. The van der Waals surface area contributed by atoms with Crippen molar-refractivity contribution >= 4 is 33.0 Å². The molecule has 0 amide bonds. The maximum atomic E-state index is 4.51. The average molecular weight is 350 g/mol. The number of thiophene rings is 1. The molecule has 1 aliphatic carbocycles. The van der Waals surface area contributed by atoms with Gasteiger partial charge in [-0.15, -0.1) is 21.5 Å². The second-order valence-electron chi connectivity index (χ2n) is 6.65. The van der Waals surface area contributed by atoms with Crippen LogP contribution < -0.4 is 5.32 Å². The second kappa shape index (κ2) is 5.77. The van der Waals surface area contributed by atoms with Crippen molar-refractivity contribution in [2.75, 3.05) is 5.32 Å². The Morgan fingerprint density at radius 1 is 1.28 bits per heavy atom. The third-order valence-corrected chi connectivity index (χ3v) is 6.05. The van der Waals surface area contributed by atoms with E-state index >= 15 is 0 Å². The molecule has 1 N–H and O–H groups in total. The number of nitrogens with zero attached hydrogens (tertiary/aromatic N) is 5. The number of pyridine rings is 1. The average Bonchev–Trinajstić information content (AvgIpc) is 3.20. The van der Waals surface area contributed by atoms with E-state index in [2.05, 4.69) is 32.4 Å². The molecule has 4 aromatic rings. The number of anilines is 1. The zero-order valence-corrected chi connectivity index (χ0v) is 14.8. The molecule has 4 heterocycles. The van der Waals surface area contributed by atoms with Crippen molar-refractivity contribution in [3.63, 3.8) is 0 Å². The summed E-state index contributed by atoms with van der Waals surface area (Å²) in [6.45, 7) is 2.91. The van der Waals surface area contributed by atoms with E-state index < -0.39 is 0 Å². The van der Waals surface area contributed by atoms with E-state index in [1.165, 1.54) is 22.2 Å². The van der Waals surface area contributed by atoms with Crippen LogP contribution in [0.2, 0.25) is 0 Å². The van der Waals surface area contributed by atoms with Gasteiger partial charge in [0.2, 0.25) is 0 Å². The number of rotatable bonds is 3. The Hall–Kier alpha value is -2.54. The highest BCUT2D eigenvalue weighted by molar-refractivity contribution is 7.19. The van der Waals surface area contributed by atoms with Gasteiger partial charge in [0.1, 0.15) is 17.0 Å². The minimum Gasteiger partial charge on any atom is -0.362 e. The summed E-state index contributed by atoms with van der Waals surface area (Å²) in [6, 6.07) is 5.91. The van der Waals surface area contributed by atoms with Gasteiger partial charge in [0.25, 0.3) is 0 Å². The number of fused-ring (bicyclic) bond motifs is 4. The van der Waals surface area contributed by atoms with Gasteiger partial charge in [-0.3, -0.25) is 4.40 Å². The van der Waals surface area contributed by atoms with E-state index in [-0.39, 0.29) is 0 Å². The normalized spacial score (nSPS) is 17.1. The van der Waals surface area contributed by atoms with Gasteiger partial charge in [-0.25, -0.2) is 9.97 Å². The van der Waals surface area contributed by atoms with Gasteiger partial charge in [-0.05, 0) is 42.9 Å². The fourth-order valence-corrected chi connectivity index (χ4v) is 4.93. The lowest BCUT2D eigenvalue weighted by atomic mass is 9.89. The predicted octanol–water partition coefficient (Wildman–Crippen LogP) is 3.47. The monoisotopic (exact) mass is 350 g/mol. The molecule has 0 aromatic carbocycles. The Balaban J connectivity index is 1.51. The van der Waals surface area contributed by atoms with Crippen LogP contribution in [0.1, 0.15) is 29.6 Å². The van der Waals surface area contributed by atoms with Gasteiger partial charge in [0.15, 0.2) is 11.5 Å². The number of hydrogen-bond acceptors (Lipinski definition) is 6. The topological polar surface area (TPSA) is 68.0 Å². The first kappa shape index (κ1) is 14.8. The molecule has 7 heteroatoms.